The molecule has 1 aliphatic rings. The Hall–Kier alpha value is -3.04. The fraction of sp³-hybridized carbons (Fsp3) is 0.385. The maximum absolute atomic E-state index is 13.4. The number of imidazole rings is 1. The molecule has 1 heterocycles. The average Bonchev–Trinajstić information content (AvgIpc) is 3.60. The van der Waals surface area contributed by atoms with E-state index < -0.39 is 15.7 Å². The second kappa shape index (κ2) is 10.7. The normalized spacial score (nSPS) is 13.8. The van der Waals surface area contributed by atoms with E-state index in [0.29, 0.717) is 30.9 Å². The van der Waals surface area contributed by atoms with Crippen LogP contribution in [0.2, 0.25) is 0 Å². The molecule has 35 heavy (non-hydrogen) atoms. The number of hydrogen-bond donors (Lipinski definition) is 0. The lowest BCUT2D eigenvalue weighted by atomic mass is 10.2. The summed E-state index contributed by atoms with van der Waals surface area (Å²) in [5.41, 5.74) is 2.08. The topological polar surface area (TPSA) is 75.5 Å². The zero-order chi connectivity index (χ0) is 25.0. The van der Waals surface area contributed by atoms with Crippen LogP contribution in [0.15, 0.2) is 66.0 Å². The van der Waals surface area contributed by atoms with Crippen LogP contribution in [0.5, 0.6) is 0 Å². The van der Waals surface area contributed by atoms with E-state index in [1.165, 1.54) is 24.3 Å². The molecule has 186 valence electrons. The second-order valence-corrected chi connectivity index (χ2v) is 11.2. The molecule has 9 heteroatoms. The summed E-state index contributed by atoms with van der Waals surface area (Å²) in [6.45, 7) is 1.86. The Balaban J connectivity index is 1.67. The molecule has 0 N–H and O–H groups in total. The molecule has 3 aromatic rings. The van der Waals surface area contributed by atoms with Crippen LogP contribution in [0.3, 0.4) is 0 Å². The van der Waals surface area contributed by atoms with Gasteiger partial charge in [0.2, 0.25) is 20.9 Å². The van der Waals surface area contributed by atoms with E-state index in [1.807, 2.05) is 54.2 Å². The monoisotopic (exact) mass is 498 g/mol. The highest BCUT2D eigenvalue weighted by molar-refractivity contribution is 7.90. The zero-order valence-electron chi connectivity index (χ0n) is 20.1. The lowest BCUT2D eigenvalue weighted by molar-refractivity contribution is -0.133. The third-order valence-corrected chi connectivity index (χ3v) is 7.64. The number of carbonyl (C=O) groups is 1. The molecule has 4 rings (SSSR count). The summed E-state index contributed by atoms with van der Waals surface area (Å²) >= 11 is 0. The first kappa shape index (κ1) is 25.1. The van der Waals surface area contributed by atoms with Crippen LogP contribution in [0.1, 0.15) is 29.7 Å². The van der Waals surface area contributed by atoms with Gasteiger partial charge in [-0.3, -0.25) is 4.79 Å². The van der Waals surface area contributed by atoms with E-state index >= 15 is 0 Å². The van der Waals surface area contributed by atoms with Crippen molar-refractivity contribution in [1.29, 1.82) is 0 Å². The molecule has 0 bridgehead atoms. The van der Waals surface area contributed by atoms with Crippen molar-refractivity contribution in [2.24, 2.45) is 5.92 Å². The maximum Gasteiger partial charge on any atom is 0.228 e. The van der Waals surface area contributed by atoms with Crippen molar-refractivity contribution < 1.29 is 17.6 Å². The molecule has 0 unspecified atom stereocenters. The van der Waals surface area contributed by atoms with Crippen molar-refractivity contribution in [1.82, 2.24) is 19.4 Å². The number of amides is 1. The van der Waals surface area contributed by atoms with Gasteiger partial charge in [0.15, 0.2) is 0 Å². The third-order valence-electron chi connectivity index (χ3n) is 6.04. The number of likely N-dealkylation sites (N-methyl/N-ethyl adjacent to an activating group) is 1. The van der Waals surface area contributed by atoms with Crippen molar-refractivity contribution in [3.8, 4) is 0 Å². The first-order chi connectivity index (χ1) is 16.7. The minimum atomic E-state index is -3.82. The number of sulfone groups is 1. The summed E-state index contributed by atoms with van der Waals surface area (Å²) < 4.78 is 41.8. The highest BCUT2D eigenvalue weighted by Crippen LogP contribution is 2.31. The largest absolute Gasteiger partial charge is 0.335 e. The van der Waals surface area contributed by atoms with E-state index in [-0.39, 0.29) is 29.3 Å². The summed E-state index contributed by atoms with van der Waals surface area (Å²) in [7, 11) is 0.0917. The Labute approximate surface area is 206 Å². The Bertz CT molecular complexity index is 1250. The molecule has 1 aliphatic carbocycles. The summed E-state index contributed by atoms with van der Waals surface area (Å²) in [6.07, 6.45) is 3.36. The predicted octanol–water partition coefficient (Wildman–Crippen LogP) is 3.34. The van der Waals surface area contributed by atoms with Crippen LogP contribution >= 0.6 is 0 Å². The van der Waals surface area contributed by atoms with Crippen molar-refractivity contribution in [3.05, 3.63) is 83.4 Å². The fourth-order valence-electron chi connectivity index (χ4n) is 3.94. The lowest BCUT2D eigenvalue weighted by Crippen LogP contribution is -2.37. The smallest absolute Gasteiger partial charge is 0.228 e. The van der Waals surface area contributed by atoms with E-state index in [1.54, 1.807) is 10.8 Å². The van der Waals surface area contributed by atoms with Crippen LogP contribution in [0.25, 0.3) is 0 Å². The van der Waals surface area contributed by atoms with Crippen molar-refractivity contribution >= 4 is 15.7 Å². The highest BCUT2D eigenvalue weighted by Gasteiger charge is 2.34. The van der Waals surface area contributed by atoms with Crippen molar-refractivity contribution in [3.63, 3.8) is 0 Å². The number of carbonyl (C=O) groups excluding carboxylic acids is 1. The quantitative estimate of drug-likeness (QED) is 0.405. The highest BCUT2D eigenvalue weighted by atomic mass is 32.2. The van der Waals surface area contributed by atoms with Gasteiger partial charge in [0.05, 0.1) is 30.7 Å². The Kier molecular flexibility index (Phi) is 7.66. The number of benzene rings is 2. The van der Waals surface area contributed by atoms with E-state index in [0.717, 1.165) is 18.4 Å². The van der Waals surface area contributed by atoms with Gasteiger partial charge in [-0.2, -0.15) is 0 Å². The molecular weight excluding hydrogens is 467 g/mol. The summed E-state index contributed by atoms with van der Waals surface area (Å²) in [4.78, 5) is 21.1. The third kappa shape index (κ3) is 6.55. The molecule has 2 aromatic carbocycles. The number of nitrogens with zero attached hydrogens (tertiary/aromatic N) is 4. The molecule has 0 aliphatic heterocycles. The summed E-state index contributed by atoms with van der Waals surface area (Å²) in [6, 6.07) is 15.0. The molecule has 0 radical (unpaired) electrons. The van der Waals surface area contributed by atoms with Crippen LogP contribution < -0.4 is 0 Å². The SMILES string of the molecule is CN(C)CCN(Cc1cnc(S(=O)(=O)Cc2ccc(F)cc2)n1Cc1ccccc1)C(=O)C1CC1. The number of rotatable bonds is 11. The number of hydrogen-bond acceptors (Lipinski definition) is 5. The van der Waals surface area contributed by atoms with Gasteiger partial charge in [-0.15, -0.1) is 0 Å². The second-order valence-electron chi connectivity index (χ2n) is 9.33. The molecule has 1 fully saturated rings. The molecule has 0 atom stereocenters. The molecule has 1 saturated carbocycles. The Morgan fingerprint density at radius 2 is 1.71 bits per heavy atom. The van der Waals surface area contributed by atoms with Crippen LogP contribution in [0.4, 0.5) is 4.39 Å². The van der Waals surface area contributed by atoms with Gasteiger partial charge in [0.1, 0.15) is 5.82 Å². The van der Waals surface area contributed by atoms with Gasteiger partial charge in [0.25, 0.3) is 0 Å². The summed E-state index contributed by atoms with van der Waals surface area (Å²) in [5.74, 6) is -0.541. The predicted molar refractivity (Wildman–Crippen MR) is 132 cm³/mol. The molecule has 0 spiro atoms. The van der Waals surface area contributed by atoms with Crippen molar-refractivity contribution in [2.75, 3.05) is 27.2 Å². The molecule has 7 nitrogen and oxygen atoms in total. The zero-order valence-corrected chi connectivity index (χ0v) is 20.9. The molecule has 1 amide bonds. The number of aromatic nitrogens is 2. The van der Waals surface area contributed by atoms with E-state index in [9.17, 15) is 17.6 Å². The minimum Gasteiger partial charge on any atom is -0.335 e. The van der Waals surface area contributed by atoms with E-state index in [4.69, 9.17) is 0 Å². The first-order valence-corrected chi connectivity index (χ1v) is 13.4. The first-order valence-electron chi connectivity index (χ1n) is 11.7. The fourth-order valence-corrected chi connectivity index (χ4v) is 5.43. The molecular formula is C26H31FN4O3S. The van der Waals surface area contributed by atoms with Crippen molar-refractivity contribution in [2.45, 2.75) is 36.8 Å². The Morgan fingerprint density at radius 1 is 1.03 bits per heavy atom. The van der Waals surface area contributed by atoms with Gasteiger partial charge in [-0.05, 0) is 50.2 Å². The Morgan fingerprint density at radius 3 is 2.34 bits per heavy atom. The van der Waals surface area contributed by atoms with Crippen LogP contribution in [-0.4, -0.2) is 60.9 Å². The maximum atomic E-state index is 13.4. The van der Waals surface area contributed by atoms with Gasteiger partial charge < -0.3 is 14.4 Å². The molecule has 0 saturated heterocycles. The van der Waals surface area contributed by atoms with Gasteiger partial charge in [-0.1, -0.05) is 42.5 Å². The van der Waals surface area contributed by atoms with E-state index in [2.05, 4.69) is 4.98 Å². The molecule has 1 aromatic heterocycles. The van der Waals surface area contributed by atoms with Crippen LogP contribution in [-0.2, 0) is 33.5 Å². The minimum absolute atomic E-state index is 0.0490. The average molecular weight is 499 g/mol. The summed E-state index contributed by atoms with van der Waals surface area (Å²) in [5, 5.41) is -0.0490. The number of halogens is 1. The van der Waals surface area contributed by atoms with Gasteiger partial charge in [0, 0.05) is 19.0 Å². The standard InChI is InChI=1S/C26H31FN4O3S/c1-29(2)14-15-30(25(32)22-10-11-22)18-24-16-28-26(31(24)17-20-6-4-3-5-7-20)35(33,34)19-21-8-12-23(27)13-9-21/h3-9,12-13,16,22H,10-11,14-15,17-19H2,1-2H3. The lowest BCUT2D eigenvalue weighted by Gasteiger charge is -2.25. The van der Waals surface area contributed by atoms with Gasteiger partial charge in [-0.25, -0.2) is 17.8 Å². The van der Waals surface area contributed by atoms with Gasteiger partial charge >= 0.3 is 0 Å². The van der Waals surface area contributed by atoms with Crippen LogP contribution in [0, 0.1) is 11.7 Å².